The predicted octanol–water partition coefficient (Wildman–Crippen LogP) is 1.91. The Kier molecular flexibility index (Phi) is 4.88. The van der Waals surface area contributed by atoms with Gasteiger partial charge in [-0.05, 0) is 39.7 Å². The zero-order valence-electron chi connectivity index (χ0n) is 13.4. The average Bonchev–Trinajstić information content (AvgIpc) is 3.11. The molecule has 6 heteroatoms. The summed E-state index contributed by atoms with van der Waals surface area (Å²) >= 11 is 0. The minimum atomic E-state index is -0.438. The second-order valence-electron chi connectivity index (χ2n) is 6.53. The SMILES string of the molecule is Cn1nccc1CNCCN(C(=O)OC(C)(C)C)C1CC1. The highest BCUT2D eigenvalue weighted by atomic mass is 16.6. The molecule has 1 aromatic heterocycles. The first-order chi connectivity index (χ1) is 9.87. The Balaban J connectivity index is 1.76. The number of ether oxygens (including phenoxy) is 1. The number of rotatable bonds is 6. The number of nitrogens with zero attached hydrogens (tertiary/aromatic N) is 3. The van der Waals surface area contributed by atoms with Crippen LogP contribution in [0.25, 0.3) is 0 Å². The summed E-state index contributed by atoms with van der Waals surface area (Å²) in [6.07, 6.45) is 3.75. The van der Waals surface area contributed by atoms with Crippen molar-refractivity contribution < 1.29 is 9.53 Å². The summed E-state index contributed by atoms with van der Waals surface area (Å²) in [5.41, 5.74) is 0.692. The number of carbonyl (C=O) groups is 1. The Morgan fingerprint density at radius 1 is 1.52 bits per heavy atom. The molecule has 6 nitrogen and oxygen atoms in total. The van der Waals surface area contributed by atoms with Crippen LogP contribution in [0.3, 0.4) is 0 Å². The molecular weight excluding hydrogens is 268 g/mol. The zero-order chi connectivity index (χ0) is 15.5. The smallest absolute Gasteiger partial charge is 0.410 e. The molecule has 2 rings (SSSR count). The summed E-state index contributed by atoms with van der Waals surface area (Å²) in [6, 6.07) is 2.35. The molecule has 1 fully saturated rings. The van der Waals surface area contributed by atoms with E-state index in [9.17, 15) is 4.79 Å². The molecule has 0 atom stereocenters. The van der Waals surface area contributed by atoms with Gasteiger partial charge in [-0.1, -0.05) is 0 Å². The first-order valence-electron chi connectivity index (χ1n) is 7.54. The predicted molar refractivity (Wildman–Crippen MR) is 80.9 cm³/mol. The van der Waals surface area contributed by atoms with E-state index in [0.717, 1.165) is 31.6 Å². The van der Waals surface area contributed by atoms with Gasteiger partial charge < -0.3 is 15.0 Å². The molecule has 0 aromatic carbocycles. The highest BCUT2D eigenvalue weighted by Gasteiger charge is 2.34. The number of hydrogen-bond donors (Lipinski definition) is 1. The van der Waals surface area contributed by atoms with Crippen molar-refractivity contribution in [3.05, 3.63) is 18.0 Å². The number of nitrogens with one attached hydrogen (secondary N) is 1. The van der Waals surface area contributed by atoms with Crippen LogP contribution in [-0.4, -0.2) is 45.5 Å². The van der Waals surface area contributed by atoms with Gasteiger partial charge in [-0.2, -0.15) is 5.10 Å². The van der Waals surface area contributed by atoms with Gasteiger partial charge in [0.2, 0.25) is 0 Å². The van der Waals surface area contributed by atoms with E-state index in [1.165, 1.54) is 0 Å². The first kappa shape index (κ1) is 15.8. The Labute approximate surface area is 126 Å². The quantitative estimate of drug-likeness (QED) is 0.814. The third-order valence-corrected chi connectivity index (χ3v) is 3.37. The molecule has 0 radical (unpaired) electrons. The van der Waals surface area contributed by atoms with Crippen LogP contribution in [-0.2, 0) is 18.3 Å². The van der Waals surface area contributed by atoms with Crippen molar-refractivity contribution >= 4 is 6.09 Å². The minimum Gasteiger partial charge on any atom is -0.444 e. The fourth-order valence-corrected chi connectivity index (χ4v) is 2.12. The number of aryl methyl sites for hydroxylation is 1. The fourth-order valence-electron chi connectivity index (χ4n) is 2.12. The summed E-state index contributed by atoms with van der Waals surface area (Å²) in [4.78, 5) is 14.0. The highest BCUT2D eigenvalue weighted by molar-refractivity contribution is 5.69. The van der Waals surface area contributed by atoms with Gasteiger partial charge in [-0.25, -0.2) is 4.79 Å². The van der Waals surface area contributed by atoms with Crippen molar-refractivity contribution in [2.24, 2.45) is 7.05 Å². The molecule has 21 heavy (non-hydrogen) atoms. The largest absolute Gasteiger partial charge is 0.444 e. The molecule has 118 valence electrons. The molecule has 0 saturated heterocycles. The Hall–Kier alpha value is -1.56. The maximum Gasteiger partial charge on any atom is 0.410 e. The monoisotopic (exact) mass is 294 g/mol. The number of aromatic nitrogens is 2. The van der Waals surface area contributed by atoms with Gasteiger partial charge in [0.25, 0.3) is 0 Å². The fraction of sp³-hybridized carbons (Fsp3) is 0.733. The van der Waals surface area contributed by atoms with Crippen molar-refractivity contribution in [2.45, 2.75) is 51.8 Å². The molecular formula is C15H26N4O2. The van der Waals surface area contributed by atoms with Crippen LogP contribution in [0.2, 0.25) is 0 Å². The van der Waals surface area contributed by atoms with E-state index < -0.39 is 5.60 Å². The molecule has 1 saturated carbocycles. The number of carbonyl (C=O) groups excluding carboxylic acids is 1. The topological polar surface area (TPSA) is 59.4 Å². The molecule has 1 aliphatic carbocycles. The van der Waals surface area contributed by atoms with E-state index in [1.807, 2.05) is 43.5 Å². The molecule has 0 unspecified atom stereocenters. The number of hydrogen-bond acceptors (Lipinski definition) is 4. The third kappa shape index (κ3) is 5.04. The van der Waals surface area contributed by atoms with E-state index >= 15 is 0 Å². The van der Waals surface area contributed by atoms with E-state index in [4.69, 9.17) is 4.74 Å². The number of amides is 1. The molecule has 0 bridgehead atoms. The molecule has 1 N–H and O–H groups in total. The highest BCUT2D eigenvalue weighted by Crippen LogP contribution is 2.27. The van der Waals surface area contributed by atoms with E-state index in [0.29, 0.717) is 12.6 Å². The lowest BCUT2D eigenvalue weighted by Crippen LogP contribution is -2.41. The van der Waals surface area contributed by atoms with Crippen molar-refractivity contribution in [1.29, 1.82) is 0 Å². The van der Waals surface area contributed by atoms with Gasteiger partial charge in [-0.15, -0.1) is 0 Å². The van der Waals surface area contributed by atoms with Crippen LogP contribution in [0.4, 0.5) is 4.79 Å². The standard InChI is InChI=1S/C15H26N4O2/c1-15(2,3)21-14(20)19(12-5-6-12)10-9-16-11-13-7-8-17-18(13)4/h7-8,12,16H,5-6,9-11H2,1-4H3. The van der Waals surface area contributed by atoms with Gasteiger partial charge in [-0.3, -0.25) is 4.68 Å². The van der Waals surface area contributed by atoms with Gasteiger partial charge in [0.15, 0.2) is 0 Å². The minimum absolute atomic E-state index is 0.202. The van der Waals surface area contributed by atoms with Crippen LogP contribution >= 0.6 is 0 Å². The Morgan fingerprint density at radius 3 is 2.76 bits per heavy atom. The first-order valence-corrected chi connectivity index (χ1v) is 7.54. The van der Waals surface area contributed by atoms with Gasteiger partial charge in [0.1, 0.15) is 5.60 Å². The van der Waals surface area contributed by atoms with E-state index in [-0.39, 0.29) is 6.09 Å². The van der Waals surface area contributed by atoms with Crippen LogP contribution in [0.1, 0.15) is 39.3 Å². The van der Waals surface area contributed by atoms with E-state index in [2.05, 4.69) is 10.4 Å². The van der Waals surface area contributed by atoms with Gasteiger partial charge in [0.05, 0.1) is 5.69 Å². The van der Waals surface area contributed by atoms with Crippen molar-refractivity contribution in [3.63, 3.8) is 0 Å². The molecule has 0 spiro atoms. The normalized spacial score (nSPS) is 15.0. The lowest BCUT2D eigenvalue weighted by molar-refractivity contribution is 0.0236. The summed E-state index contributed by atoms with van der Waals surface area (Å²) in [5.74, 6) is 0. The molecule has 1 aromatic rings. The Morgan fingerprint density at radius 2 is 2.24 bits per heavy atom. The second-order valence-corrected chi connectivity index (χ2v) is 6.53. The van der Waals surface area contributed by atoms with Gasteiger partial charge in [0, 0.05) is 38.9 Å². The van der Waals surface area contributed by atoms with Crippen molar-refractivity contribution in [3.8, 4) is 0 Å². The summed E-state index contributed by atoms with van der Waals surface area (Å²) in [7, 11) is 1.92. The molecule has 1 heterocycles. The van der Waals surface area contributed by atoms with E-state index in [1.54, 1.807) is 6.20 Å². The van der Waals surface area contributed by atoms with Gasteiger partial charge >= 0.3 is 6.09 Å². The molecule has 0 aliphatic heterocycles. The zero-order valence-corrected chi connectivity index (χ0v) is 13.4. The average molecular weight is 294 g/mol. The second kappa shape index (κ2) is 6.47. The summed E-state index contributed by atoms with van der Waals surface area (Å²) < 4.78 is 7.32. The Bertz CT molecular complexity index is 474. The third-order valence-electron chi connectivity index (χ3n) is 3.37. The van der Waals surface area contributed by atoms with Crippen LogP contribution in [0.15, 0.2) is 12.3 Å². The molecule has 1 aliphatic rings. The van der Waals surface area contributed by atoms with Crippen molar-refractivity contribution in [2.75, 3.05) is 13.1 Å². The van der Waals surface area contributed by atoms with Crippen LogP contribution in [0, 0.1) is 0 Å². The van der Waals surface area contributed by atoms with Crippen LogP contribution in [0.5, 0.6) is 0 Å². The van der Waals surface area contributed by atoms with Crippen LogP contribution < -0.4 is 5.32 Å². The maximum absolute atomic E-state index is 12.2. The van der Waals surface area contributed by atoms with Crippen molar-refractivity contribution in [1.82, 2.24) is 20.0 Å². The summed E-state index contributed by atoms with van der Waals surface area (Å²) in [6.45, 7) is 7.88. The lowest BCUT2D eigenvalue weighted by Gasteiger charge is -2.27. The molecule has 1 amide bonds. The summed E-state index contributed by atoms with van der Waals surface area (Å²) in [5, 5.41) is 7.48. The maximum atomic E-state index is 12.2. The lowest BCUT2D eigenvalue weighted by atomic mass is 10.2.